The van der Waals surface area contributed by atoms with Crippen LogP contribution in [0.15, 0.2) is 18.5 Å². The first-order valence-corrected chi connectivity index (χ1v) is 5.74. The Balaban J connectivity index is 2.58. The minimum absolute atomic E-state index is 0.358. The van der Waals surface area contributed by atoms with E-state index in [2.05, 4.69) is 16.9 Å². The van der Waals surface area contributed by atoms with Crippen molar-refractivity contribution in [3.05, 3.63) is 24.0 Å². The molecule has 0 aliphatic carbocycles. The van der Waals surface area contributed by atoms with E-state index in [4.69, 9.17) is 4.74 Å². The van der Waals surface area contributed by atoms with E-state index in [1.165, 1.54) is 6.08 Å². The molecule has 0 unspecified atom stereocenters. The van der Waals surface area contributed by atoms with E-state index >= 15 is 0 Å². The van der Waals surface area contributed by atoms with Crippen molar-refractivity contribution in [1.82, 2.24) is 9.78 Å². The first-order chi connectivity index (χ1) is 8.40. The van der Waals surface area contributed by atoms with Crippen LogP contribution in [0.2, 0.25) is 0 Å². The van der Waals surface area contributed by atoms with Gasteiger partial charge in [0.25, 0.3) is 0 Å². The Morgan fingerprint density at radius 3 is 2.89 bits per heavy atom. The fourth-order valence-electron chi connectivity index (χ4n) is 1.21. The average Bonchev–Trinajstić information content (AvgIpc) is 2.69. The maximum Gasteiger partial charge on any atom is 0.331 e. The highest BCUT2D eigenvalue weighted by Gasteiger charge is 2.13. The third kappa shape index (κ3) is 5.35. The van der Waals surface area contributed by atoms with Crippen LogP contribution in [-0.4, -0.2) is 21.4 Å². The summed E-state index contributed by atoms with van der Waals surface area (Å²) in [5.41, 5.74) is 0.376. The van der Waals surface area contributed by atoms with Gasteiger partial charge >= 0.3 is 5.97 Å². The van der Waals surface area contributed by atoms with Crippen molar-refractivity contribution in [2.24, 2.45) is 0 Å². The Bertz CT molecular complexity index is 496. The number of hydrogen-bond acceptors (Lipinski definition) is 3. The number of rotatable bonds is 3. The summed E-state index contributed by atoms with van der Waals surface area (Å²) in [6.07, 6.45) is 6.58. The zero-order valence-electron chi connectivity index (χ0n) is 11.2. The quantitative estimate of drug-likeness (QED) is 0.467. The summed E-state index contributed by atoms with van der Waals surface area (Å²) in [5, 5.41) is 4.12. The van der Waals surface area contributed by atoms with Crippen LogP contribution in [0.25, 0.3) is 6.08 Å². The van der Waals surface area contributed by atoms with Crippen molar-refractivity contribution >= 4 is 12.0 Å². The van der Waals surface area contributed by atoms with Crippen molar-refractivity contribution < 1.29 is 9.53 Å². The molecule has 0 aliphatic heterocycles. The molecule has 4 heteroatoms. The van der Waals surface area contributed by atoms with Crippen molar-refractivity contribution in [1.29, 1.82) is 0 Å². The third-order valence-electron chi connectivity index (χ3n) is 1.89. The molecule has 1 aromatic rings. The largest absolute Gasteiger partial charge is 0.457 e. The van der Waals surface area contributed by atoms with Gasteiger partial charge in [0.1, 0.15) is 12.1 Å². The van der Waals surface area contributed by atoms with Crippen LogP contribution < -0.4 is 0 Å². The van der Waals surface area contributed by atoms with Gasteiger partial charge in [0.2, 0.25) is 0 Å². The van der Waals surface area contributed by atoms with Crippen molar-refractivity contribution in [2.45, 2.75) is 39.8 Å². The van der Waals surface area contributed by atoms with Crippen LogP contribution in [0.5, 0.6) is 0 Å². The number of carbonyl (C=O) groups excluding carboxylic acids is 1. The highest BCUT2D eigenvalue weighted by Crippen LogP contribution is 2.08. The molecule has 0 radical (unpaired) electrons. The van der Waals surface area contributed by atoms with Gasteiger partial charge in [-0.15, -0.1) is 5.92 Å². The highest BCUT2D eigenvalue weighted by molar-refractivity contribution is 5.87. The minimum atomic E-state index is -0.470. The number of hydrogen-bond donors (Lipinski definition) is 0. The lowest BCUT2D eigenvalue weighted by molar-refractivity contribution is -0.148. The molecule has 96 valence electrons. The number of nitrogens with zero attached hydrogens (tertiary/aromatic N) is 2. The lowest BCUT2D eigenvalue weighted by Crippen LogP contribution is -2.22. The minimum Gasteiger partial charge on any atom is -0.457 e. The van der Waals surface area contributed by atoms with Crippen LogP contribution in [0.3, 0.4) is 0 Å². The monoisotopic (exact) mass is 246 g/mol. The van der Waals surface area contributed by atoms with Gasteiger partial charge < -0.3 is 4.74 Å². The van der Waals surface area contributed by atoms with Gasteiger partial charge in [0, 0.05) is 17.8 Å². The summed E-state index contributed by atoms with van der Waals surface area (Å²) < 4.78 is 6.87. The second-order valence-electron chi connectivity index (χ2n) is 4.76. The summed E-state index contributed by atoms with van der Waals surface area (Å²) in [4.78, 5) is 11.5. The molecule has 1 rings (SSSR count). The summed E-state index contributed by atoms with van der Waals surface area (Å²) >= 11 is 0. The molecule has 0 aliphatic rings. The number of carbonyl (C=O) groups is 1. The zero-order valence-corrected chi connectivity index (χ0v) is 11.2. The molecule has 0 amide bonds. The first-order valence-electron chi connectivity index (χ1n) is 5.74. The molecule has 1 heterocycles. The average molecular weight is 246 g/mol. The molecule has 0 atom stereocenters. The first kappa shape index (κ1) is 14.0. The molecule has 0 N–H and O–H groups in total. The summed E-state index contributed by atoms with van der Waals surface area (Å²) in [5.74, 6) is 5.35. The molecule has 0 saturated carbocycles. The predicted molar refractivity (Wildman–Crippen MR) is 70.6 cm³/mol. The molecule has 4 nitrogen and oxygen atoms in total. The Labute approximate surface area is 108 Å². The van der Waals surface area contributed by atoms with Crippen molar-refractivity contribution in [2.75, 3.05) is 0 Å². The molecule has 0 saturated heterocycles. The van der Waals surface area contributed by atoms with Gasteiger partial charge in [-0.25, -0.2) is 4.79 Å². The molecular formula is C14H18N2O2. The second-order valence-corrected chi connectivity index (χ2v) is 4.76. The topological polar surface area (TPSA) is 44.1 Å². The Morgan fingerprint density at radius 2 is 2.28 bits per heavy atom. The van der Waals surface area contributed by atoms with Crippen LogP contribution in [0, 0.1) is 11.8 Å². The molecular weight excluding hydrogens is 228 g/mol. The maximum absolute atomic E-state index is 11.5. The van der Waals surface area contributed by atoms with E-state index < -0.39 is 5.60 Å². The lowest BCUT2D eigenvalue weighted by atomic mass is 10.2. The second kappa shape index (κ2) is 6.06. The lowest BCUT2D eigenvalue weighted by Gasteiger charge is -2.17. The molecule has 18 heavy (non-hydrogen) atoms. The van der Waals surface area contributed by atoms with Gasteiger partial charge in [0.05, 0.1) is 6.20 Å². The molecule has 1 aromatic heterocycles. The number of aromatic nitrogens is 2. The van der Waals surface area contributed by atoms with Crippen molar-refractivity contribution in [3.8, 4) is 11.8 Å². The van der Waals surface area contributed by atoms with E-state index in [0.29, 0.717) is 6.54 Å². The Hall–Kier alpha value is -2.02. The summed E-state index contributed by atoms with van der Waals surface area (Å²) in [7, 11) is 0. The molecule has 0 bridgehead atoms. The summed E-state index contributed by atoms with van der Waals surface area (Å²) in [6, 6.07) is 0. The summed E-state index contributed by atoms with van der Waals surface area (Å²) in [6.45, 7) is 7.84. The fourth-order valence-corrected chi connectivity index (χ4v) is 1.21. The van der Waals surface area contributed by atoms with Crippen molar-refractivity contribution in [3.63, 3.8) is 0 Å². The van der Waals surface area contributed by atoms with E-state index in [9.17, 15) is 4.79 Å². The standard InChI is InChI=1S/C14H18N2O2/c1-5-6-9-16-11-12(10-15-16)7-8-13(17)18-14(2,3)4/h7-8,10-11H,9H2,1-4H3. The van der Waals surface area contributed by atoms with Crippen LogP contribution >= 0.6 is 0 Å². The maximum atomic E-state index is 11.5. The van der Waals surface area contributed by atoms with Crippen LogP contribution in [-0.2, 0) is 16.1 Å². The SMILES string of the molecule is CC#CCn1cc(C=CC(=O)OC(C)(C)C)cn1. The van der Waals surface area contributed by atoms with E-state index in [0.717, 1.165) is 5.56 Å². The predicted octanol–water partition coefficient (Wildman–Crippen LogP) is 2.26. The molecule has 0 fully saturated rings. The normalized spacial score (nSPS) is 11.1. The van der Waals surface area contributed by atoms with Crippen LogP contribution in [0.4, 0.5) is 0 Å². The van der Waals surface area contributed by atoms with Gasteiger partial charge in [-0.3, -0.25) is 4.68 Å². The Morgan fingerprint density at radius 1 is 1.56 bits per heavy atom. The Kier molecular flexibility index (Phi) is 4.73. The smallest absolute Gasteiger partial charge is 0.331 e. The highest BCUT2D eigenvalue weighted by atomic mass is 16.6. The third-order valence-corrected chi connectivity index (χ3v) is 1.89. The molecule has 0 spiro atoms. The van der Waals surface area contributed by atoms with E-state index in [1.54, 1.807) is 23.9 Å². The number of esters is 1. The van der Waals surface area contributed by atoms with Gasteiger partial charge in [0.15, 0.2) is 0 Å². The van der Waals surface area contributed by atoms with Gasteiger partial charge in [-0.05, 0) is 33.8 Å². The van der Waals surface area contributed by atoms with Crippen LogP contribution in [0.1, 0.15) is 33.3 Å². The fraction of sp³-hybridized carbons (Fsp3) is 0.429. The number of ether oxygens (including phenoxy) is 1. The van der Waals surface area contributed by atoms with E-state index in [-0.39, 0.29) is 5.97 Å². The zero-order chi connectivity index (χ0) is 13.6. The van der Waals surface area contributed by atoms with E-state index in [1.807, 2.05) is 27.0 Å². The van der Waals surface area contributed by atoms with Gasteiger partial charge in [-0.1, -0.05) is 5.92 Å². The van der Waals surface area contributed by atoms with Gasteiger partial charge in [-0.2, -0.15) is 5.10 Å². The molecule has 0 aromatic carbocycles.